The third-order valence-corrected chi connectivity index (χ3v) is 5.07. The second-order valence-corrected chi connectivity index (χ2v) is 7.53. The van der Waals surface area contributed by atoms with Gasteiger partial charge in [0.25, 0.3) is 0 Å². The Morgan fingerprint density at radius 1 is 0.848 bits per heavy atom. The van der Waals surface area contributed by atoms with Crippen LogP contribution >= 0.6 is 0 Å². The van der Waals surface area contributed by atoms with Crippen molar-refractivity contribution in [2.75, 3.05) is 26.1 Å². The van der Waals surface area contributed by atoms with Crippen LogP contribution in [0.2, 0.25) is 0 Å². The van der Waals surface area contributed by atoms with E-state index in [0.717, 1.165) is 16.5 Å². The molecule has 0 saturated heterocycles. The van der Waals surface area contributed by atoms with Gasteiger partial charge in [0.1, 0.15) is 12.8 Å². The highest BCUT2D eigenvalue weighted by Crippen LogP contribution is 2.24. The van der Waals surface area contributed by atoms with Gasteiger partial charge in [0, 0.05) is 6.20 Å². The Labute approximate surface area is 192 Å². The molecule has 0 radical (unpaired) electrons. The van der Waals surface area contributed by atoms with E-state index in [9.17, 15) is 0 Å². The summed E-state index contributed by atoms with van der Waals surface area (Å²) in [6.07, 6.45) is 1.60. The summed E-state index contributed by atoms with van der Waals surface area (Å²) < 4.78 is 25.2. The highest BCUT2D eigenvalue weighted by atomic mass is 16.6. The van der Waals surface area contributed by atoms with E-state index in [1.807, 2.05) is 77.5 Å². The van der Waals surface area contributed by atoms with E-state index >= 15 is 0 Å². The molecule has 0 bridgehead atoms. The number of nitrogens with zero attached hydrogens (tertiary/aromatic N) is 3. The van der Waals surface area contributed by atoms with Crippen LogP contribution in [0.15, 0.2) is 72.9 Å². The van der Waals surface area contributed by atoms with Crippen LogP contribution in [0.4, 0.5) is 5.95 Å². The molecule has 0 atom stereocenters. The zero-order valence-corrected chi connectivity index (χ0v) is 18.6. The first-order valence-electron chi connectivity index (χ1n) is 10.7. The van der Waals surface area contributed by atoms with Gasteiger partial charge < -0.3 is 29.2 Å². The van der Waals surface area contributed by atoms with Crippen LogP contribution in [0, 0.1) is 0 Å². The molecule has 2 aromatic carbocycles. The van der Waals surface area contributed by atoms with Crippen LogP contribution in [0.25, 0.3) is 11.0 Å². The van der Waals surface area contributed by atoms with Gasteiger partial charge in [0.05, 0.1) is 38.9 Å². The van der Waals surface area contributed by atoms with E-state index in [2.05, 4.69) is 9.97 Å². The van der Waals surface area contributed by atoms with Gasteiger partial charge in [0.15, 0.2) is 5.65 Å². The molecule has 0 fully saturated rings. The number of aromatic nitrogens is 3. The third-order valence-electron chi connectivity index (χ3n) is 5.07. The van der Waals surface area contributed by atoms with E-state index < -0.39 is 0 Å². The lowest BCUT2D eigenvalue weighted by Crippen LogP contribution is -2.27. The lowest BCUT2D eigenvalue weighted by atomic mass is 10.2. The SMILES string of the molecule is COc1nc(N)nc2c1ccn2COC(COCc1ccccc1)COCc1ccccc1. The summed E-state index contributed by atoms with van der Waals surface area (Å²) in [5.41, 5.74) is 8.69. The fourth-order valence-electron chi connectivity index (χ4n) is 3.41. The van der Waals surface area contributed by atoms with Gasteiger partial charge in [-0.15, -0.1) is 0 Å². The molecule has 8 nitrogen and oxygen atoms in total. The van der Waals surface area contributed by atoms with Gasteiger partial charge in [0.2, 0.25) is 11.8 Å². The van der Waals surface area contributed by atoms with Crippen molar-refractivity contribution in [3.05, 3.63) is 84.1 Å². The number of hydrogen-bond donors (Lipinski definition) is 1. The number of methoxy groups -OCH3 is 1. The summed E-state index contributed by atoms with van der Waals surface area (Å²) in [6.45, 7) is 2.06. The molecule has 4 aromatic rings. The van der Waals surface area contributed by atoms with Gasteiger partial charge in [-0.25, -0.2) is 0 Å². The Balaban J connectivity index is 1.38. The molecule has 172 valence electrons. The summed E-state index contributed by atoms with van der Waals surface area (Å²) in [5, 5.41) is 0.771. The summed E-state index contributed by atoms with van der Waals surface area (Å²) in [6, 6.07) is 22.0. The maximum atomic E-state index is 6.15. The molecule has 0 saturated carbocycles. The van der Waals surface area contributed by atoms with Crippen LogP contribution in [-0.4, -0.2) is 41.0 Å². The van der Waals surface area contributed by atoms with Crippen molar-refractivity contribution in [1.29, 1.82) is 0 Å². The fraction of sp³-hybridized carbons (Fsp3) is 0.280. The predicted molar refractivity (Wildman–Crippen MR) is 126 cm³/mol. The molecule has 2 heterocycles. The second-order valence-electron chi connectivity index (χ2n) is 7.53. The summed E-state index contributed by atoms with van der Waals surface area (Å²) in [5.74, 6) is 0.582. The molecular weight excluding hydrogens is 420 g/mol. The molecule has 0 aliphatic rings. The van der Waals surface area contributed by atoms with Gasteiger partial charge >= 0.3 is 0 Å². The predicted octanol–water partition coefficient (Wildman–Crippen LogP) is 3.80. The molecule has 0 amide bonds. The normalized spacial score (nSPS) is 11.3. The van der Waals surface area contributed by atoms with Crippen LogP contribution in [0.3, 0.4) is 0 Å². The van der Waals surface area contributed by atoms with Crippen LogP contribution in [0.5, 0.6) is 5.88 Å². The molecule has 2 N–H and O–H groups in total. The second kappa shape index (κ2) is 11.4. The number of anilines is 1. The van der Waals surface area contributed by atoms with Crippen molar-refractivity contribution in [3.8, 4) is 5.88 Å². The Bertz CT molecular complexity index is 1090. The first kappa shape index (κ1) is 22.7. The summed E-state index contributed by atoms with van der Waals surface area (Å²) >= 11 is 0. The third kappa shape index (κ3) is 6.29. The van der Waals surface area contributed by atoms with Crippen molar-refractivity contribution < 1.29 is 18.9 Å². The Morgan fingerprint density at radius 2 is 1.45 bits per heavy atom. The topological polar surface area (TPSA) is 93.7 Å². The number of ether oxygens (including phenoxy) is 4. The number of benzene rings is 2. The minimum atomic E-state index is -0.268. The smallest absolute Gasteiger partial charge is 0.227 e. The molecule has 8 heteroatoms. The van der Waals surface area contributed by atoms with Gasteiger partial charge in [-0.2, -0.15) is 9.97 Å². The zero-order chi connectivity index (χ0) is 22.9. The van der Waals surface area contributed by atoms with E-state index in [-0.39, 0.29) is 18.8 Å². The maximum absolute atomic E-state index is 6.15. The molecule has 33 heavy (non-hydrogen) atoms. The summed E-state index contributed by atoms with van der Waals surface area (Å²) in [7, 11) is 1.55. The first-order valence-corrected chi connectivity index (χ1v) is 10.7. The van der Waals surface area contributed by atoms with E-state index in [1.54, 1.807) is 7.11 Å². The van der Waals surface area contributed by atoms with Crippen LogP contribution < -0.4 is 10.5 Å². The van der Waals surface area contributed by atoms with Gasteiger partial charge in [-0.1, -0.05) is 60.7 Å². The van der Waals surface area contributed by atoms with Crippen LogP contribution in [0.1, 0.15) is 11.1 Å². The molecular formula is C25H28N4O4. The van der Waals surface area contributed by atoms with Crippen molar-refractivity contribution >= 4 is 17.0 Å². The van der Waals surface area contributed by atoms with E-state index in [1.165, 1.54) is 0 Å². The quantitative estimate of drug-likeness (QED) is 0.352. The maximum Gasteiger partial charge on any atom is 0.227 e. The monoisotopic (exact) mass is 448 g/mol. The minimum Gasteiger partial charge on any atom is -0.480 e. The highest BCUT2D eigenvalue weighted by molar-refractivity contribution is 5.82. The Hall–Kier alpha value is -3.46. The number of nitrogens with two attached hydrogens (primary N) is 1. The molecule has 0 aliphatic heterocycles. The fourth-order valence-corrected chi connectivity index (χ4v) is 3.41. The molecule has 4 rings (SSSR count). The van der Waals surface area contributed by atoms with Gasteiger partial charge in [-0.3, -0.25) is 0 Å². The average molecular weight is 449 g/mol. The standard InChI is InChI=1S/C25H28N4O4/c1-30-24-22-12-13-29(23(22)27-25(26)28-24)18-33-21(16-31-14-19-8-4-2-5-9-19)17-32-15-20-10-6-3-7-11-20/h2-13,21H,14-18H2,1H3,(H2,26,27,28). The molecule has 2 aromatic heterocycles. The largest absolute Gasteiger partial charge is 0.480 e. The molecule has 0 unspecified atom stereocenters. The van der Waals surface area contributed by atoms with Crippen molar-refractivity contribution in [3.63, 3.8) is 0 Å². The lowest BCUT2D eigenvalue weighted by Gasteiger charge is -2.19. The lowest BCUT2D eigenvalue weighted by molar-refractivity contribution is -0.0865. The van der Waals surface area contributed by atoms with Crippen molar-refractivity contribution in [2.45, 2.75) is 26.0 Å². The highest BCUT2D eigenvalue weighted by Gasteiger charge is 2.15. The number of rotatable bonds is 12. The van der Waals surface area contributed by atoms with Crippen molar-refractivity contribution in [2.24, 2.45) is 0 Å². The first-order chi connectivity index (χ1) is 16.2. The summed E-state index contributed by atoms with van der Waals surface area (Å²) in [4.78, 5) is 8.45. The van der Waals surface area contributed by atoms with Gasteiger partial charge in [-0.05, 0) is 17.2 Å². The Morgan fingerprint density at radius 3 is 2.03 bits per heavy atom. The van der Waals surface area contributed by atoms with Crippen molar-refractivity contribution in [1.82, 2.24) is 14.5 Å². The molecule has 0 aliphatic carbocycles. The zero-order valence-electron chi connectivity index (χ0n) is 18.6. The molecule has 0 spiro atoms. The van der Waals surface area contributed by atoms with Crippen LogP contribution in [-0.2, 0) is 34.2 Å². The van der Waals surface area contributed by atoms with E-state index in [4.69, 9.17) is 24.7 Å². The number of hydrogen-bond acceptors (Lipinski definition) is 7. The number of nitrogen functional groups attached to an aromatic ring is 1. The minimum absolute atomic E-state index is 0.147. The Kier molecular flexibility index (Phi) is 7.86. The van der Waals surface area contributed by atoms with E-state index in [0.29, 0.717) is 38.0 Å². The number of fused-ring (bicyclic) bond motifs is 1. The average Bonchev–Trinajstić information content (AvgIpc) is 3.25.